The van der Waals surface area contributed by atoms with Gasteiger partial charge in [0.25, 0.3) is 0 Å². The van der Waals surface area contributed by atoms with Crippen LogP contribution in [0.5, 0.6) is 5.75 Å². The first-order valence-electron chi connectivity index (χ1n) is 5.78. The Hall–Kier alpha value is -1.65. The van der Waals surface area contributed by atoms with Crippen LogP contribution in [-0.4, -0.2) is 19.1 Å². The zero-order valence-electron chi connectivity index (χ0n) is 10.7. The first-order chi connectivity index (χ1) is 9.17. The second-order valence-corrected chi connectivity index (χ2v) is 4.39. The van der Waals surface area contributed by atoms with E-state index < -0.39 is 5.82 Å². The van der Waals surface area contributed by atoms with Gasteiger partial charge in [0.1, 0.15) is 0 Å². The lowest BCUT2D eigenvalue weighted by Crippen LogP contribution is -2.19. The molecule has 2 rings (SSSR count). The molecule has 1 unspecified atom stereocenters. The van der Waals surface area contributed by atoms with Crippen LogP contribution in [0.4, 0.5) is 4.39 Å². The van der Waals surface area contributed by atoms with Crippen molar-refractivity contribution >= 4 is 11.6 Å². The van der Waals surface area contributed by atoms with Crippen LogP contribution in [0.25, 0.3) is 0 Å². The first-order valence-corrected chi connectivity index (χ1v) is 6.16. The van der Waals surface area contributed by atoms with E-state index in [1.54, 1.807) is 37.5 Å². The van der Waals surface area contributed by atoms with Crippen LogP contribution in [0.15, 0.2) is 36.5 Å². The van der Waals surface area contributed by atoms with Gasteiger partial charge in [0.2, 0.25) is 0 Å². The summed E-state index contributed by atoms with van der Waals surface area (Å²) < 4.78 is 18.7. The molecular formula is C14H14ClFN2O. The van der Waals surface area contributed by atoms with E-state index in [1.165, 1.54) is 13.2 Å². The Morgan fingerprint density at radius 1 is 1.37 bits per heavy atom. The molecule has 0 aliphatic heterocycles. The third-order valence-corrected chi connectivity index (χ3v) is 3.18. The standard InChI is InChI=1S/C14H14ClFN2O/c1-17-13(14-10(15)4-3-7-18-14)9-5-6-12(19-2)11(16)8-9/h3-8,13,17H,1-2H3. The molecular weight excluding hydrogens is 267 g/mol. The maximum Gasteiger partial charge on any atom is 0.165 e. The van der Waals surface area contributed by atoms with Crippen LogP contribution in [-0.2, 0) is 0 Å². The molecule has 1 heterocycles. The maximum atomic E-state index is 13.8. The SMILES string of the molecule is CNC(c1ccc(OC)c(F)c1)c1ncccc1Cl. The molecule has 0 aliphatic rings. The summed E-state index contributed by atoms with van der Waals surface area (Å²) in [4.78, 5) is 4.25. The van der Waals surface area contributed by atoms with Gasteiger partial charge in [-0.2, -0.15) is 0 Å². The minimum atomic E-state index is -0.410. The third kappa shape index (κ3) is 2.85. The summed E-state index contributed by atoms with van der Waals surface area (Å²) in [5, 5.41) is 3.63. The predicted molar refractivity (Wildman–Crippen MR) is 73.1 cm³/mol. The fourth-order valence-electron chi connectivity index (χ4n) is 1.93. The second-order valence-electron chi connectivity index (χ2n) is 3.99. The molecule has 1 N–H and O–H groups in total. The van der Waals surface area contributed by atoms with E-state index in [0.29, 0.717) is 10.7 Å². The Bertz CT molecular complexity index is 577. The smallest absolute Gasteiger partial charge is 0.165 e. The summed E-state index contributed by atoms with van der Waals surface area (Å²) in [5.74, 6) is -0.196. The highest BCUT2D eigenvalue weighted by molar-refractivity contribution is 6.31. The molecule has 19 heavy (non-hydrogen) atoms. The van der Waals surface area contributed by atoms with Crippen molar-refractivity contribution in [3.63, 3.8) is 0 Å². The summed E-state index contributed by atoms with van der Waals surface area (Å²) in [6, 6.07) is 8.04. The van der Waals surface area contributed by atoms with E-state index in [0.717, 1.165) is 5.56 Å². The van der Waals surface area contributed by atoms with E-state index in [-0.39, 0.29) is 11.8 Å². The van der Waals surface area contributed by atoms with Crippen LogP contribution >= 0.6 is 11.6 Å². The number of benzene rings is 1. The van der Waals surface area contributed by atoms with Gasteiger partial charge < -0.3 is 10.1 Å². The Kier molecular flexibility index (Phi) is 4.35. The van der Waals surface area contributed by atoms with E-state index in [1.807, 2.05) is 0 Å². The molecule has 1 atom stereocenters. The van der Waals surface area contributed by atoms with Crippen molar-refractivity contribution in [1.82, 2.24) is 10.3 Å². The lowest BCUT2D eigenvalue weighted by Gasteiger charge is -2.17. The van der Waals surface area contributed by atoms with Crippen molar-refractivity contribution in [3.8, 4) is 5.75 Å². The molecule has 1 aromatic heterocycles. The fraction of sp³-hybridized carbons (Fsp3) is 0.214. The number of ether oxygens (including phenoxy) is 1. The van der Waals surface area contributed by atoms with Crippen molar-refractivity contribution < 1.29 is 9.13 Å². The van der Waals surface area contributed by atoms with Crippen LogP contribution in [0.2, 0.25) is 5.02 Å². The highest BCUT2D eigenvalue weighted by Crippen LogP contribution is 2.28. The Labute approximate surface area is 116 Å². The molecule has 0 radical (unpaired) electrons. The summed E-state index contributed by atoms with van der Waals surface area (Å²) in [6.07, 6.45) is 1.66. The largest absolute Gasteiger partial charge is 0.494 e. The van der Waals surface area contributed by atoms with Crippen molar-refractivity contribution in [2.75, 3.05) is 14.2 Å². The number of nitrogens with zero attached hydrogens (tertiary/aromatic N) is 1. The molecule has 0 aliphatic carbocycles. The van der Waals surface area contributed by atoms with Crippen molar-refractivity contribution in [2.45, 2.75) is 6.04 Å². The van der Waals surface area contributed by atoms with Crippen LogP contribution in [0.3, 0.4) is 0 Å². The van der Waals surface area contributed by atoms with Gasteiger partial charge in [0.05, 0.1) is 23.9 Å². The first kappa shape index (κ1) is 13.8. The summed E-state index contributed by atoms with van der Waals surface area (Å²) in [6.45, 7) is 0. The number of aromatic nitrogens is 1. The maximum absolute atomic E-state index is 13.8. The minimum absolute atomic E-state index is 0.214. The topological polar surface area (TPSA) is 34.1 Å². The number of rotatable bonds is 4. The van der Waals surface area contributed by atoms with E-state index in [9.17, 15) is 4.39 Å². The molecule has 0 fully saturated rings. The zero-order valence-corrected chi connectivity index (χ0v) is 11.4. The van der Waals surface area contributed by atoms with Gasteiger partial charge in [0.15, 0.2) is 11.6 Å². The number of pyridine rings is 1. The molecule has 0 saturated heterocycles. The number of methoxy groups -OCH3 is 1. The molecule has 0 amide bonds. The van der Waals surface area contributed by atoms with Gasteiger partial charge in [-0.15, -0.1) is 0 Å². The molecule has 100 valence electrons. The van der Waals surface area contributed by atoms with Gasteiger partial charge in [-0.25, -0.2) is 4.39 Å². The number of halogens is 2. The lowest BCUT2D eigenvalue weighted by atomic mass is 10.0. The minimum Gasteiger partial charge on any atom is -0.494 e. The van der Waals surface area contributed by atoms with E-state index >= 15 is 0 Å². The van der Waals surface area contributed by atoms with Crippen molar-refractivity contribution in [2.24, 2.45) is 0 Å². The third-order valence-electron chi connectivity index (χ3n) is 2.86. The zero-order chi connectivity index (χ0) is 13.8. The van der Waals surface area contributed by atoms with Gasteiger partial charge in [-0.1, -0.05) is 17.7 Å². The Morgan fingerprint density at radius 3 is 2.74 bits per heavy atom. The van der Waals surface area contributed by atoms with Crippen molar-refractivity contribution in [1.29, 1.82) is 0 Å². The molecule has 0 bridgehead atoms. The molecule has 3 nitrogen and oxygen atoms in total. The highest BCUT2D eigenvalue weighted by Gasteiger charge is 2.18. The van der Waals surface area contributed by atoms with Gasteiger partial charge >= 0.3 is 0 Å². The summed E-state index contributed by atoms with van der Waals surface area (Å²) in [7, 11) is 3.21. The molecule has 1 aromatic carbocycles. The quantitative estimate of drug-likeness (QED) is 0.934. The average Bonchev–Trinajstić information content (AvgIpc) is 2.42. The van der Waals surface area contributed by atoms with Gasteiger partial charge in [-0.05, 0) is 36.9 Å². The Balaban J connectivity index is 2.43. The van der Waals surface area contributed by atoms with Gasteiger partial charge in [0, 0.05) is 6.20 Å². The van der Waals surface area contributed by atoms with Crippen LogP contribution < -0.4 is 10.1 Å². The lowest BCUT2D eigenvalue weighted by molar-refractivity contribution is 0.386. The van der Waals surface area contributed by atoms with E-state index in [4.69, 9.17) is 16.3 Å². The molecule has 2 aromatic rings. The average molecular weight is 281 g/mol. The second kappa shape index (κ2) is 5.99. The summed E-state index contributed by atoms with van der Waals surface area (Å²) in [5.41, 5.74) is 1.40. The molecule has 5 heteroatoms. The predicted octanol–water partition coefficient (Wildman–Crippen LogP) is 3.19. The molecule has 0 saturated carbocycles. The number of hydrogen-bond acceptors (Lipinski definition) is 3. The number of hydrogen-bond donors (Lipinski definition) is 1. The van der Waals surface area contributed by atoms with Gasteiger partial charge in [-0.3, -0.25) is 4.98 Å². The van der Waals surface area contributed by atoms with Crippen LogP contribution in [0, 0.1) is 5.82 Å². The fourth-order valence-corrected chi connectivity index (χ4v) is 2.16. The van der Waals surface area contributed by atoms with E-state index in [2.05, 4.69) is 10.3 Å². The normalized spacial score (nSPS) is 12.2. The van der Waals surface area contributed by atoms with Crippen molar-refractivity contribution in [3.05, 3.63) is 58.6 Å². The highest BCUT2D eigenvalue weighted by atomic mass is 35.5. The Morgan fingerprint density at radius 2 is 2.16 bits per heavy atom. The monoisotopic (exact) mass is 280 g/mol. The van der Waals surface area contributed by atoms with Crippen LogP contribution in [0.1, 0.15) is 17.3 Å². The summed E-state index contributed by atoms with van der Waals surface area (Å²) >= 11 is 6.13. The molecule has 0 spiro atoms. The number of nitrogens with one attached hydrogen (secondary N) is 1.